The summed E-state index contributed by atoms with van der Waals surface area (Å²) in [6.07, 6.45) is 0.153. The van der Waals surface area contributed by atoms with E-state index in [1.807, 2.05) is 37.4 Å². The summed E-state index contributed by atoms with van der Waals surface area (Å²) in [5.41, 5.74) is 18.8. The van der Waals surface area contributed by atoms with Crippen LogP contribution in [0.5, 0.6) is 0 Å². The smallest absolute Gasteiger partial charge is 0.252 e. The number of hydrogen-bond acceptors (Lipinski definition) is 6. The maximum absolute atomic E-state index is 13.4. The van der Waals surface area contributed by atoms with Gasteiger partial charge in [-0.2, -0.15) is 0 Å². The fourth-order valence-electron chi connectivity index (χ4n) is 7.47. The van der Waals surface area contributed by atoms with E-state index in [0.29, 0.717) is 29.9 Å². The van der Waals surface area contributed by atoms with Gasteiger partial charge in [-0.05, 0) is 55.9 Å². The molecule has 0 spiro atoms. The van der Waals surface area contributed by atoms with E-state index in [9.17, 15) is 4.79 Å². The van der Waals surface area contributed by atoms with Crippen LogP contribution in [0, 0.1) is 0 Å². The van der Waals surface area contributed by atoms with E-state index in [4.69, 9.17) is 20.9 Å². The standard InChI is InChI=1S/C28H28N6O3/c1-28-26(36-3)17(31-2)10-20(37-28)33-18-6-4-12(29)8-14(18)22-23-16(11-32-27(23)35)21-15-9-13(30)5-7-19(15)34(28)25(21)24(22)33/h4-9,17,20,26,31H,10-11,29-30H2,1-3H3,(H,32,35)/t17-,20-,26-,28+/m1/s1. The molecule has 5 heterocycles. The number of hydrogen-bond donors (Lipinski definition) is 4. The first-order valence-electron chi connectivity index (χ1n) is 12.7. The molecule has 1 fully saturated rings. The van der Waals surface area contributed by atoms with Crippen LogP contribution in [0.1, 0.15) is 35.5 Å². The number of ether oxygens (including phenoxy) is 2. The number of nitrogen functional groups attached to an aromatic ring is 2. The molecule has 0 unspecified atom stereocenters. The van der Waals surface area contributed by atoms with E-state index >= 15 is 0 Å². The highest BCUT2D eigenvalue weighted by Gasteiger charge is 2.53. The van der Waals surface area contributed by atoms with Gasteiger partial charge in [0.25, 0.3) is 5.91 Å². The maximum atomic E-state index is 13.4. The summed E-state index contributed by atoms with van der Waals surface area (Å²) < 4.78 is 17.8. The van der Waals surface area contributed by atoms with Crippen molar-refractivity contribution in [1.29, 1.82) is 0 Å². The Balaban J connectivity index is 1.72. The Hall–Kier alpha value is -3.79. The lowest BCUT2D eigenvalue weighted by Gasteiger charge is -2.48. The normalized spacial score (nSPS) is 26.5. The minimum Gasteiger partial charge on any atom is -0.399 e. The number of aromatic nitrogens is 2. The molecular formula is C28H28N6O3. The fourth-order valence-corrected chi connectivity index (χ4v) is 7.47. The van der Waals surface area contributed by atoms with Crippen LogP contribution in [-0.4, -0.2) is 41.3 Å². The van der Waals surface area contributed by atoms with Crippen molar-refractivity contribution in [2.45, 2.75) is 44.0 Å². The van der Waals surface area contributed by atoms with Gasteiger partial charge in [-0.25, -0.2) is 0 Å². The number of amides is 1. The summed E-state index contributed by atoms with van der Waals surface area (Å²) in [5, 5.41) is 10.5. The first-order chi connectivity index (χ1) is 17.9. The number of nitrogens with zero attached hydrogens (tertiary/aromatic N) is 2. The molecule has 37 heavy (non-hydrogen) atoms. The summed E-state index contributed by atoms with van der Waals surface area (Å²) in [4.78, 5) is 13.4. The molecule has 0 saturated carbocycles. The molecule has 188 valence electrons. The third-order valence-electron chi connectivity index (χ3n) is 8.83. The lowest BCUT2D eigenvalue weighted by atomic mass is 9.93. The number of likely N-dealkylation sites (N-methyl/N-ethyl adjacent to an activating group) is 1. The third-order valence-corrected chi connectivity index (χ3v) is 8.83. The number of rotatable bonds is 2. The van der Waals surface area contributed by atoms with Gasteiger partial charge in [0, 0.05) is 59.0 Å². The summed E-state index contributed by atoms with van der Waals surface area (Å²) >= 11 is 0. The van der Waals surface area contributed by atoms with E-state index in [1.54, 1.807) is 7.11 Å². The van der Waals surface area contributed by atoms with Crippen molar-refractivity contribution < 1.29 is 14.3 Å². The van der Waals surface area contributed by atoms with Crippen molar-refractivity contribution in [3.63, 3.8) is 0 Å². The number of anilines is 2. The molecule has 9 heteroatoms. The first kappa shape index (κ1) is 21.3. The third kappa shape index (κ3) is 2.33. The summed E-state index contributed by atoms with van der Waals surface area (Å²) in [7, 11) is 3.71. The predicted octanol–water partition coefficient (Wildman–Crippen LogP) is 3.52. The van der Waals surface area contributed by atoms with Gasteiger partial charge in [-0.1, -0.05) is 0 Å². The predicted molar refractivity (Wildman–Crippen MR) is 144 cm³/mol. The molecule has 8 rings (SSSR count). The van der Waals surface area contributed by atoms with Crippen LogP contribution < -0.4 is 22.1 Å². The largest absolute Gasteiger partial charge is 0.399 e. The van der Waals surface area contributed by atoms with Crippen LogP contribution in [0.3, 0.4) is 0 Å². The van der Waals surface area contributed by atoms with Crippen molar-refractivity contribution in [3.8, 4) is 0 Å². The van der Waals surface area contributed by atoms with Gasteiger partial charge in [-0.15, -0.1) is 0 Å². The monoisotopic (exact) mass is 496 g/mol. The number of benzene rings is 3. The van der Waals surface area contributed by atoms with Gasteiger partial charge >= 0.3 is 0 Å². The number of fused-ring (bicyclic) bond motifs is 13. The van der Waals surface area contributed by atoms with Gasteiger partial charge in [0.05, 0.1) is 27.6 Å². The second kappa shape index (κ2) is 6.74. The molecule has 2 aromatic heterocycles. The molecule has 1 saturated heterocycles. The molecular weight excluding hydrogens is 468 g/mol. The van der Waals surface area contributed by atoms with Gasteiger partial charge < -0.3 is 40.7 Å². The van der Waals surface area contributed by atoms with E-state index in [2.05, 4.69) is 32.8 Å². The summed E-state index contributed by atoms with van der Waals surface area (Å²) in [5.74, 6) is -0.0644. The number of methoxy groups -OCH3 is 1. The number of carbonyl (C=O) groups is 1. The summed E-state index contributed by atoms with van der Waals surface area (Å²) in [6.45, 7) is 2.57. The minimum atomic E-state index is -0.835. The Morgan fingerprint density at radius 2 is 1.78 bits per heavy atom. The fraction of sp³-hybridized carbons (Fsp3) is 0.321. The lowest BCUT2D eigenvalue weighted by molar-refractivity contribution is -0.256. The van der Waals surface area contributed by atoms with Gasteiger partial charge in [0.1, 0.15) is 12.3 Å². The van der Waals surface area contributed by atoms with Crippen molar-refractivity contribution in [1.82, 2.24) is 19.8 Å². The second-order valence-corrected chi connectivity index (χ2v) is 10.7. The molecule has 3 aliphatic heterocycles. The highest BCUT2D eigenvalue weighted by molar-refractivity contribution is 6.31. The van der Waals surface area contributed by atoms with Crippen LogP contribution >= 0.6 is 0 Å². The van der Waals surface area contributed by atoms with Crippen LogP contribution in [0.4, 0.5) is 11.4 Å². The Bertz CT molecular complexity index is 1850. The van der Waals surface area contributed by atoms with Crippen molar-refractivity contribution in [2.75, 3.05) is 25.6 Å². The Labute approximate surface area is 212 Å². The second-order valence-electron chi connectivity index (χ2n) is 10.7. The average Bonchev–Trinajstić information content (AvgIpc) is 3.50. The molecule has 6 N–H and O–H groups in total. The zero-order valence-corrected chi connectivity index (χ0v) is 20.9. The maximum Gasteiger partial charge on any atom is 0.252 e. The van der Waals surface area contributed by atoms with E-state index in [1.165, 1.54) is 0 Å². The zero-order valence-electron chi connectivity index (χ0n) is 20.9. The highest BCUT2D eigenvalue weighted by atomic mass is 16.6. The van der Waals surface area contributed by atoms with E-state index < -0.39 is 5.72 Å². The molecule has 3 aromatic carbocycles. The van der Waals surface area contributed by atoms with Crippen LogP contribution in [-0.2, 0) is 21.7 Å². The molecule has 4 atom stereocenters. The Kier molecular flexibility index (Phi) is 3.88. The average molecular weight is 497 g/mol. The van der Waals surface area contributed by atoms with Crippen molar-refractivity contribution in [3.05, 3.63) is 47.5 Å². The number of nitrogens with one attached hydrogen (secondary N) is 2. The zero-order chi connectivity index (χ0) is 25.4. The SMILES string of the molecule is CN[C@@H]1C[C@H]2O[C@@](C)([C@@H]1OC)n1c3ccc(N)cc3c3c4c(c5c6cc(N)ccc6n2c5c31)C(=O)NC4. The molecule has 5 aromatic rings. The quantitative estimate of drug-likeness (QED) is 0.278. The lowest BCUT2D eigenvalue weighted by Crippen LogP contribution is -2.59. The Morgan fingerprint density at radius 3 is 2.49 bits per heavy atom. The molecule has 0 aliphatic carbocycles. The first-order valence-corrected chi connectivity index (χ1v) is 12.7. The molecule has 3 aliphatic rings. The van der Waals surface area contributed by atoms with Crippen molar-refractivity contribution in [2.24, 2.45) is 0 Å². The minimum absolute atomic E-state index is 0.0285. The van der Waals surface area contributed by atoms with Gasteiger partial charge in [-0.3, -0.25) is 4.79 Å². The van der Waals surface area contributed by atoms with Crippen LogP contribution in [0.2, 0.25) is 0 Å². The van der Waals surface area contributed by atoms with E-state index in [0.717, 1.165) is 49.2 Å². The van der Waals surface area contributed by atoms with Gasteiger partial charge in [0.15, 0.2) is 5.72 Å². The van der Waals surface area contributed by atoms with Gasteiger partial charge in [0.2, 0.25) is 0 Å². The summed E-state index contributed by atoms with van der Waals surface area (Å²) in [6, 6.07) is 12.0. The van der Waals surface area contributed by atoms with Crippen LogP contribution in [0.15, 0.2) is 36.4 Å². The van der Waals surface area contributed by atoms with Crippen molar-refractivity contribution >= 4 is 60.9 Å². The molecule has 2 bridgehead atoms. The highest BCUT2D eigenvalue weighted by Crippen LogP contribution is 2.54. The number of carbonyl (C=O) groups excluding carboxylic acids is 1. The number of nitrogens with two attached hydrogens (primary N) is 2. The molecule has 1 amide bonds. The molecule has 9 nitrogen and oxygen atoms in total. The topological polar surface area (TPSA) is 121 Å². The molecule has 0 radical (unpaired) electrons. The van der Waals surface area contributed by atoms with E-state index in [-0.39, 0.29) is 24.3 Å². The van der Waals surface area contributed by atoms with Crippen LogP contribution in [0.25, 0.3) is 43.6 Å². The Morgan fingerprint density at radius 1 is 1.08 bits per heavy atom.